The number of aromatic nitrogens is 2. The highest BCUT2D eigenvalue weighted by Crippen LogP contribution is 2.31. The maximum atomic E-state index is 14.2. The van der Waals surface area contributed by atoms with Crippen LogP contribution in [-0.2, 0) is 14.3 Å². The highest BCUT2D eigenvalue weighted by Gasteiger charge is 2.37. The number of carbonyl (C=O) groups is 3. The summed E-state index contributed by atoms with van der Waals surface area (Å²) in [4.78, 5) is 37.9. The molecule has 1 atom stereocenters. The molecule has 0 saturated carbocycles. The number of nitrogens with zero attached hydrogens (tertiary/aromatic N) is 2. The molecule has 1 fully saturated rings. The summed E-state index contributed by atoms with van der Waals surface area (Å²) in [6.07, 6.45) is -0.00508. The molecule has 1 aliphatic rings. The molecule has 0 bridgehead atoms. The van der Waals surface area contributed by atoms with Crippen molar-refractivity contribution in [3.8, 4) is 0 Å². The summed E-state index contributed by atoms with van der Waals surface area (Å²) in [5.74, 6) is -2.03. The lowest BCUT2D eigenvalue weighted by Crippen LogP contribution is -2.28. The monoisotopic (exact) mass is 396 g/mol. The summed E-state index contributed by atoms with van der Waals surface area (Å²) in [6.45, 7) is 0.0964. The second kappa shape index (κ2) is 7.34. The number of carbonyl (C=O) groups excluding carboxylic acids is 3. The third kappa shape index (κ3) is 3.42. The van der Waals surface area contributed by atoms with Gasteiger partial charge in [0, 0.05) is 18.7 Å². The average Bonchev–Trinajstić information content (AvgIpc) is 3.32. The molecule has 148 valence electrons. The molecule has 8 nitrogen and oxygen atoms in total. The molecule has 9 heteroatoms. The number of fused-ring (bicyclic) bond motifs is 1. The van der Waals surface area contributed by atoms with Crippen molar-refractivity contribution in [2.24, 2.45) is 5.92 Å². The van der Waals surface area contributed by atoms with Crippen LogP contribution in [0.2, 0.25) is 0 Å². The Morgan fingerprint density at radius 2 is 2.00 bits per heavy atom. The van der Waals surface area contributed by atoms with E-state index in [-0.39, 0.29) is 36.0 Å². The minimum Gasteiger partial charge on any atom is -0.465 e. The molecule has 2 amide bonds. The minimum atomic E-state index is -0.610. The molecule has 4 rings (SSSR count). The molecule has 2 N–H and O–H groups in total. The first-order valence-corrected chi connectivity index (χ1v) is 8.90. The van der Waals surface area contributed by atoms with Crippen molar-refractivity contribution in [1.82, 2.24) is 10.2 Å². The largest absolute Gasteiger partial charge is 0.465 e. The van der Waals surface area contributed by atoms with Crippen LogP contribution in [0.25, 0.3) is 10.9 Å². The molecule has 2 aromatic carbocycles. The van der Waals surface area contributed by atoms with Gasteiger partial charge < -0.3 is 10.1 Å². The average molecular weight is 396 g/mol. The molecule has 0 radical (unpaired) electrons. The third-order valence-corrected chi connectivity index (χ3v) is 4.84. The van der Waals surface area contributed by atoms with Crippen molar-refractivity contribution in [3.63, 3.8) is 0 Å². The molecule has 1 aliphatic heterocycles. The van der Waals surface area contributed by atoms with Gasteiger partial charge in [-0.25, -0.2) is 9.18 Å². The molecule has 1 aromatic heterocycles. The zero-order valence-corrected chi connectivity index (χ0v) is 15.4. The summed E-state index contributed by atoms with van der Waals surface area (Å²) in [6, 6.07) is 10.7. The van der Waals surface area contributed by atoms with Gasteiger partial charge in [-0.3, -0.25) is 19.6 Å². The minimum absolute atomic E-state index is 0.00508. The van der Waals surface area contributed by atoms with Crippen molar-refractivity contribution < 1.29 is 23.5 Å². The van der Waals surface area contributed by atoms with Crippen molar-refractivity contribution in [2.45, 2.75) is 6.42 Å². The molecular formula is C20H17FN4O4. The van der Waals surface area contributed by atoms with Crippen LogP contribution in [0.1, 0.15) is 16.8 Å². The van der Waals surface area contributed by atoms with E-state index in [2.05, 4.69) is 20.3 Å². The number of amides is 2. The predicted molar refractivity (Wildman–Crippen MR) is 103 cm³/mol. The SMILES string of the molecule is COC(=O)c1ccc(NC(=O)[C@@H]2CC(=O)N(c3n[nH]c4cccc(F)c34)C2)cc1. The van der Waals surface area contributed by atoms with Gasteiger partial charge in [-0.05, 0) is 36.4 Å². The van der Waals surface area contributed by atoms with E-state index in [4.69, 9.17) is 0 Å². The van der Waals surface area contributed by atoms with Gasteiger partial charge in [0.15, 0.2) is 5.82 Å². The van der Waals surface area contributed by atoms with Crippen LogP contribution in [0, 0.1) is 11.7 Å². The van der Waals surface area contributed by atoms with E-state index >= 15 is 0 Å². The van der Waals surface area contributed by atoms with Crippen LogP contribution in [0.3, 0.4) is 0 Å². The quantitative estimate of drug-likeness (QED) is 0.660. The maximum Gasteiger partial charge on any atom is 0.337 e. The standard InChI is InChI=1S/C20H17FN4O4/c1-29-20(28)11-5-7-13(8-6-11)22-19(27)12-9-16(26)25(10-12)18-17-14(21)3-2-4-15(17)23-24-18/h2-8,12H,9-10H2,1H3,(H,22,27)(H,23,24)/t12-/m1/s1. The lowest BCUT2D eigenvalue weighted by Gasteiger charge is -2.14. The van der Waals surface area contributed by atoms with Gasteiger partial charge >= 0.3 is 5.97 Å². The first-order chi connectivity index (χ1) is 14.0. The number of nitrogens with one attached hydrogen (secondary N) is 2. The molecule has 0 spiro atoms. The summed E-state index contributed by atoms with van der Waals surface area (Å²) in [5.41, 5.74) is 1.33. The van der Waals surface area contributed by atoms with E-state index in [0.717, 1.165) is 0 Å². The number of benzene rings is 2. The van der Waals surface area contributed by atoms with Crippen molar-refractivity contribution in [3.05, 3.63) is 53.8 Å². The summed E-state index contributed by atoms with van der Waals surface area (Å²) >= 11 is 0. The Morgan fingerprint density at radius 1 is 1.24 bits per heavy atom. The normalized spacial score (nSPS) is 16.3. The summed E-state index contributed by atoms with van der Waals surface area (Å²) in [7, 11) is 1.29. The molecule has 1 saturated heterocycles. The van der Waals surface area contributed by atoms with Gasteiger partial charge in [-0.2, -0.15) is 5.10 Å². The number of H-pyrrole nitrogens is 1. The maximum absolute atomic E-state index is 14.2. The van der Waals surface area contributed by atoms with Gasteiger partial charge in [0.25, 0.3) is 0 Å². The number of hydrogen-bond acceptors (Lipinski definition) is 5. The van der Waals surface area contributed by atoms with E-state index < -0.39 is 17.7 Å². The van der Waals surface area contributed by atoms with Crippen molar-refractivity contribution in [2.75, 3.05) is 23.9 Å². The summed E-state index contributed by atoms with van der Waals surface area (Å²) < 4.78 is 18.8. The highest BCUT2D eigenvalue weighted by atomic mass is 19.1. The molecular weight excluding hydrogens is 379 g/mol. The Kier molecular flexibility index (Phi) is 4.71. The number of halogens is 1. The fourth-order valence-electron chi connectivity index (χ4n) is 3.35. The van der Waals surface area contributed by atoms with Gasteiger partial charge in [-0.15, -0.1) is 0 Å². The Balaban J connectivity index is 1.49. The Hall–Kier alpha value is -3.75. The fraction of sp³-hybridized carbons (Fsp3) is 0.200. The topological polar surface area (TPSA) is 104 Å². The van der Waals surface area contributed by atoms with E-state index in [1.165, 1.54) is 30.2 Å². The molecule has 0 unspecified atom stereocenters. The van der Waals surface area contributed by atoms with Crippen LogP contribution in [0.5, 0.6) is 0 Å². The van der Waals surface area contributed by atoms with Gasteiger partial charge in [0.1, 0.15) is 5.82 Å². The smallest absolute Gasteiger partial charge is 0.337 e. The van der Waals surface area contributed by atoms with Crippen LogP contribution >= 0.6 is 0 Å². The number of aromatic amines is 1. The second-order valence-electron chi connectivity index (χ2n) is 6.67. The molecule has 29 heavy (non-hydrogen) atoms. The number of rotatable bonds is 4. The Morgan fingerprint density at radius 3 is 2.72 bits per heavy atom. The van der Waals surface area contributed by atoms with E-state index in [1.54, 1.807) is 24.3 Å². The van der Waals surface area contributed by atoms with E-state index in [0.29, 0.717) is 16.8 Å². The number of hydrogen-bond donors (Lipinski definition) is 2. The van der Waals surface area contributed by atoms with Gasteiger partial charge in [0.2, 0.25) is 11.8 Å². The van der Waals surface area contributed by atoms with Crippen LogP contribution in [0.15, 0.2) is 42.5 Å². The second-order valence-corrected chi connectivity index (χ2v) is 6.67. The van der Waals surface area contributed by atoms with E-state index in [9.17, 15) is 18.8 Å². The van der Waals surface area contributed by atoms with Crippen LogP contribution in [0.4, 0.5) is 15.9 Å². The number of esters is 1. The Bertz CT molecular complexity index is 1110. The van der Waals surface area contributed by atoms with Crippen LogP contribution in [-0.4, -0.2) is 41.6 Å². The lowest BCUT2D eigenvalue weighted by atomic mass is 10.1. The Labute approximate surface area is 164 Å². The first kappa shape index (κ1) is 18.6. The molecule has 3 aromatic rings. The first-order valence-electron chi connectivity index (χ1n) is 8.90. The predicted octanol–water partition coefficient (Wildman–Crippen LogP) is 2.48. The number of methoxy groups -OCH3 is 1. The van der Waals surface area contributed by atoms with E-state index in [1.807, 2.05) is 0 Å². The fourth-order valence-corrected chi connectivity index (χ4v) is 3.35. The van der Waals surface area contributed by atoms with Crippen LogP contribution < -0.4 is 10.2 Å². The summed E-state index contributed by atoms with van der Waals surface area (Å²) in [5, 5.41) is 9.73. The molecule has 0 aliphatic carbocycles. The van der Waals surface area contributed by atoms with Crippen molar-refractivity contribution >= 4 is 40.2 Å². The zero-order chi connectivity index (χ0) is 20.5. The lowest BCUT2D eigenvalue weighted by molar-refractivity contribution is -0.122. The van der Waals surface area contributed by atoms with Gasteiger partial charge in [0.05, 0.1) is 29.5 Å². The zero-order valence-electron chi connectivity index (χ0n) is 15.4. The third-order valence-electron chi connectivity index (χ3n) is 4.84. The highest BCUT2D eigenvalue weighted by molar-refractivity contribution is 6.07. The van der Waals surface area contributed by atoms with Gasteiger partial charge in [-0.1, -0.05) is 6.07 Å². The number of anilines is 2. The molecule has 2 heterocycles. The van der Waals surface area contributed by atoms with Crippen molar-refractivity contribution in [1.29, 1.82) is 0 Å². The number of ether oxygens (including phenoxy) is 1.